The highest BCUT2D eigenvalue weighted by molar-refractivity contribution is 5.90. The first-order chi connectivity index (χ1) is 10.2. The van der Waals surface area contributed by atoms with Crippen LogP contribution in [0.25, 0.3) is 0 Å². The van der Waals surface area contributed by atoms with Crippen LogP contribution in [-0.2, 0) is 11.3 Å². The second-order valence-electron chi connectivity index (χ2n) is 4.24. The van der Waals surface area contributed by atoms with Crippen LogP contribution in [-0.4, -0.2) is 24.7 Å². The Morgan fingerprint density at radius 3 is 2.76 bits per heavy atom. The van der Waals surface area contributed by atoms with Gasteiger partial charge in [-0.05, 0) is 31.2 Å². The summed E-state index contributed by atoms with van der Waals surface area (Å²) in [5.74, 6) is 0.693. The molecule has 110 valence electrons. The van der Waals surface area contributed by atoms with Crippen LogP contribution in [0.4, 0.5) is 0 Å². The van der Waals surface area contributed by atoms with Gasteiger partial charge in [0.15, 0.2) is 11.5 Å². The van der Waals surface area contributed by atoms with Gasteiger partial charge in [0.1, 0.15) is 6.61 Å². The zero-order valence-corrected chi connectivity index (χ0v) is 12.0. The molecular formula is C16H17NO4. The summed E-state index contributed by atoms with van der Waals surface area (Å²) in [6.07, 6.45) is 3.33. The maximum Gasteiger partial charge on any atom is 0.338 e. The van der Waals surface area contributed by atoms with Crippen molar-refractivity contribution in [3.8, 4) is 11.5 Å². The molecule has 0 unspecified atom stereocenters. The van der Waals surface area contributed by atoms with E-state index in [9.17, 15) is 4.79 Å². The predicted molar refractivity (Wildman–Crippen MR) is 77.5 cm³/mol. The van der Waals surface area contributed by atoms with E-state index in [1.165, 1.54) is 0 Å². The Hall–Kier alpha value is -2.56. The van der Waals surface area contributed by atoms with Gasteiger partial charge in [-0.25, -0.2) is 4.79 Å². The van der Waals surface area contributed by atoms with Gasteiger partial charge in [-0.2, -0.15) is 0 Å². The number of nitrogens with zero attached hydrogens (tertiary/aromatic N) is 1. The minimum Gasteiger partial charge on any atom is -0.493 e. The monoisotopic (exact) mass is 287 g/mol. The molecular weight excluding hydrogens is 270 g/mol. The van der Waals surface area contributed by atoms with Gasteiger partial charge < -0.3 is 14.2 Å². The van der Waals surface area contributed by atoms with E-state index in [1.807, 2.05) is 13.0 Å². The quantitative estimate of drug-likeness (QED) is 0.765. The fourth-order valence-corrected chi connectivity index (χ4v) is 1.79. The van der Waals surface area contributed by atoms with Crippen LogP contribution >= 0.6 is 0 Å². The van der Waals surface area contributed by atoms with Gasteiger partial charge >= 0.3 is 5.97 Å². The predicted octanol–water partition coefficient (Wildman–Crippen LogP) is 2.85. The van der Waals surface area contributed by atoms with Gasteiger partial charge in [-0.15, -0.1) is 0 Å². The Labute approximate surface area is 123 Å². The van der Waals surface area contributed by atoms with Crippen molar-refractivity contribution >= 4 is 5.97 Å². The van der Waals surface area contributed by atoms with E-state index in [4.69, 9.17) is 14.2 Å². The van der Waals surface area contributed by atoms with Crippen molar-refractivity contribution in [2.45, 2.75) is 13.5 Å². The number of hydrogen-bond acceptors (Lipinski definition) is 5. The minimum absolute atomic E-state index is 0.183. The lowest BCUT2D eigenvalue weighted by Gasteiger charge is -2.11. The van der Waals surface area contributed by atoms with Crippen molar-refractivity contribution in [1.82, 2.24) is 4.98 Å². The summed E-state index contributed by atoms with van der Waals surface area (Å²) in [7, 11) is 1.55. The van der Waals surface area contributed by atoms with Gasteiger partial charge in [0.25, 0.3) is 0 Å². The average Bonchev–Trinajstić information content (AvgIpc) is 2.54. The molecule has 0 amide bonds. The van der Waals surface area contributed by atoms with Gasteiger partial charge in [0, 0.05) is 18.0 Å². The first kappa shape index (κ1) is 14.8. The Kier molecular flexibility index (Phi) is 5.15. The molecule has 0 spiro atoms. The van der Waals surface area contributed by atoms with Crippen molar-refractivity contribution in [2.75, 3.05) is 13.7 Å². The molecule has 2 aromatic rings. The number of carbonyl (C=O) groups is 1. The van der Waals surface area contributed by atoms with Crippen LogP contribution in [0.5, 0.6) is 11.5 Å². The largest absolute Gasteiger partial charge is 0.493 e. The van der Waals surface area contributed by atoms with Crippen molar-refractivity contribution in [3.63, 3.8) is 0 Å². The number of rotatable bonds is 6. The molecule has 1 aromatic heterocycles. The summed E-state index contributed by atoms with van der Waals surface area (Å²) >= 11 is 0. The summed E-state index contributed by atoms with van der Waals surface area (Å²) in [6, 6.07) is 8.59. The molecule has 0 saturated heterocycles. The number of benzene rings is 1. The van der Waals surface area contributed by atoms with Crippen molar-refractivity contribution in [1.29, 1.82) is 0 Å². The molecule has 0 fully saturated rings. The number of methoxy groups -OCH3 is 1. The number of aromatic nitrogens is 1. The maximum atomic E-state index is 12.0. The molecule has 0 atom stereocenters. The highest BCUT2D eigenvalue weighted by Crippen LogP contribution is 2.28. The van der Waals surface area contributed by atoms with Crippen LogP contribution in [0.1, 0.15) is 22.8 Å². The Morgan fingerprint density at radius 2 is 2.10 bits per heavy atom. The Morgan fingerprint density at radius 1 is 1.24 bits per heavy atom. The zero-order valence-electron chi connectivity index (χ0n) is 12.0. The highest BCUT2D eigenvalue weighted by atomic mass is 16.5. The van der Waals surface area contributed by atoms with Crippen molar-refractivity contribution in [2.24, 2.45) is 0 Å². The van der Waals surface area contributed by atoms with Crippen LogP contribution in [0.15, 0.2) is 42.7 Å². The molecule has 0 bridgehead atoms. The van der Waals surface area contributed by atoms with E-state index in [0.717, 1.165) is 5.56 Å². The minimum atomic E-state index is -0.414. The van der Waals surface area contributed by atoms with E-state index in [-0.39, 0.29) is 6.61 Å². The lowest BCUT2D eigenvalue weighted by molar-refractivity contribution is 0.0472. The summed E-state index contributed by atoms with van der Waals surface area (Å²) in [5, 5.41) is 0. The molecule has 0 saturated carbocycles. The molecule has 1 heterocycles. The SMILES string of the molecule is CCOc1cc(C(=O)OCc2cccnc2)ccc1OC. The number of ether oxygens (including phenoxy) is 3. The highest BCUT2D eigenvalue weighted by Gasteiger charge is 2.12. The number of esters is 1. The van der Waals surface area contributed by atoms with Gasteiger partial charge in [0.2, 0.25) is 0 Å². The van der Waals surface area contributed by atoms with Crippen LogP contribution < -0.4 is 9.47 Å². The summed E-state index contributed by atoms with van der Waals surface area (Å²) in [6.45, 7) is 2.54. The Balaban J connectivity index is 2.06. The van der Waals surface area contributed by atoms with Crippen molar-refractivity contribution in [3.05, 3.63) is 53.9 Å². The Bertz CT molecular complexity index is 598. The number of pyridine rings is 1. The molecule has 2 rings (SSSR count). The second kappa shape index (κ2) is 7.28. The third kappa shape index (κ3) is 3.95. The second-order valence-corrected chi connectivity index (χ2v) is 4.24. The first-order valence-electron chi connectivity index (χ1n) is 6.61. The number of hydrogen-bond donors (Lipinski definition) is 0. The molecule has 0 N–H and O–H groups in total. The summed E-state index contributed by atoms with van der Waals surface area (Å²) in [5.41, 5.74) is 1.26. The third-order valence-electron chi connectivity index (χ3n) is 2.79. The fourth-order valence-electron chi connectivity index (χ4n) is 1.79. The van der Waals surface area contributed by atoms with E-state index in [1.54, 1.807) is 43.8 Å². The van der Waals surface area contributed by atoms with Crippen molar-refractivity contribution < 1.29 is 19.0 Å². The molecule has 0 aliphatic heterocycles. The molecule has 0 aliphatic carbocycles. The van der Waals surface area contributed by atoms with E-state index < -0.39 is 5.97 Å². The van der Waals surface area contributed by atoms with Crippen LogP contribution in [0, 0.1) is 0 Å². The average molecular weight is 287 g/mol. The standard InChI is InChI=1S/C16H17NO4/c1-3-20-15-9-13(6-7-14(15)19-2)16(18)21-11-12-5-4-8-17-10-12/h4-10H,3,11H2,1-2H3. The lowest BCUT2D eigenvalue weighted by Crippen LogP contribution is -2.06. The maximum absolute atomic E-state index is 12.0. The van der Waals surface area contributed by atoms with Crippen LogP contribution in [0.2, 0.25) is 0 Å². The van der Waals surface area contributed by atoms with E-state index >= 15 is 0 Å². The summed E-state index contributed by atoms with van der Waals surface area (Å²) < 4.78 is 15.9. The van der Waals surface area contributed by atoms with Crippen LogP contribution in [0.3, 0.4) is 0 Å². The number of carbonyl (C=O) groups excluding carboxylic acids is 1. The molecule has 5 heteroatoms. The zero-order chi connectivity index (χ0) is 15.1. The smallest absolute Gasteiger partial charge is 0.338 e. The first-order valence-corrected chi connectivity index (χ1v) is 6.61. The fraction of sp³-hybridized carbons (Fsp3) is 0.250. The molecule has 1 aromatic carbocycles. The van der Waals surface area contributed by atoms with E-state index in [0.29, 0.717) is 23.7 Å². The molecule has 0 radical (unpaired) electrons. The van der Waals surface area contributed by atoms with Gasteiger partial charge in [-0.1, -0.05) is 6.07 Å². The third-order valence-corrected chi connectivity index (χ3v) is 2.79. The normalized spacial score (nSPS) is 10.0. The topological polar surface area (TPSA) is 57.7 Å². The molecule has 0 aliphatic rings. The lowest BCUT2D eigenvalue weighted by atomic mass is 10.2. The van der Waals surface area contributed by atoms with Gasteiger partial charge in [0.05, 0.1) is 19.3 Å². The molecule has 21 heavy (non-hydrogen) atoms. The van der Waals surface area contributed by atoms with Gasteiger partial charge in [-0.3, -0.25) is 4.98 Å². The van der Waals surface area contributed by atoms with E-state index in [2.05, 4.69) is 4.98 Å². The summed E-state index contributed by atoms with van der Waals surface area (Å²) in [4.78, 5) is 16.0. The molecule has 5 nitrogen and oxygen atoms in total.